The Hall–Kier alpha value is -1.82. The van der Waals surface area contributed by atoms with E-state index in [-0.39, 0.29) is 5.17 Å². The number of nitrogens with one attached hydrogen (secondary N) is 1. The number of thiocarbonyl (C=S) groups is 1. The molecule has 0 aliphatic heterocycles. The van der Waals surface area contributed by atoms with E-state index < -0.39 is 12.6 Å². The quantitative estimate of drug-likeness (QED) is 0.778. The summed E-state index contributed by atoms with van der Waals surface area (Å²) in [5.41, 5.74) is 0.705. The van der Waals surface area contributed by atoms with Crippen LogP contribution in [-0.2, 0) is 9.53 Å². The van der Waals surface area contributed by atoms with Crippen molar-refractivity contribution < 1.29 is 19.4 Å². The Morgan fingerprint density at radius 2 is 2.06 bits per heavy atom. The number of methoxy groups -OCH3 is 1. The van der Waals surface area contributed by atoms with E-state index in [9.17, 15) is 4.79 Å². The summed E-state index contributed by atoms with van der Waals surface area (Å²) in [7, 11) is 1.57. The molecule has 86 valence electrons. The second kappa shape index (κ2) is 5.92. The number of benzene rings is 1. The van der Waals surface area contributed by atoms with Gasteiger partial charge in [-0.1, -0.05) is 0 Å². The van der Waals surface area contributed by atoms with Crippen molar-refractivity contribution in [1.29, 1.82) is 0 Å². The summed E-state index contributed by atoms with van der Waals surface area (Å²) in [5, 5.41) is 11.1. The minimum atomic E-state index is -1.07. The first-order valence-electron chi connectivity index (χ1n) is 4.41. The zero-order valence-corrected chi connectivity index (χ0v) is 9.41. The van der Waals surface area contributed by atoms with Gasteiger partial charge in [-0.05, 0) is 36.5 Å². The normalized spacial score (nSPS) is 9.31. The molecule has 1 aromatic rings. The van der Waals surface area contributed by atoms with Gasteiger partial charge in [-0.15, -0.1) is 0 Å². The summed E-state index contributed by atoms with van der Waals surface area (Å²) in [6, 6.07) is 6.99. The Morgan fingerprint density at radius 1 is 1.44 bits per heavy atom. The van der Waals surface area contributed by atoms with Gasteiger partial charge < -0.3 is 19.9 Å². The summed E-state index contributed by atoms with van der Waals surface area (Å²) in [4.78, 5) is 10.2. The van der Waals surface area contributed by atoms with Gasteiger partial charge in [-0.25, -0.2) is 4.79 Å². The Morgan fingerprint density at radius 3 is 2.56 bits per heavy atom. The third kappa shape index (κ3) is 4.14. The minimum Gasteiger partial charge on any atom is -0.497 e. The molecule has 0 radical (unpaired) electrons. The number of anilines is 1. The van der Waals surface area contributed by atoms with Crippen molar-refractivity contribution in [2.75, 3.05) is 19.0 Å². The van der Waals surface area contributed by atoms with Gasteiger partial charge in [-0.2, -0.15) is 0 Å². The smallest absolute Gasteiger partial charge is 0.341 e. The molecule has 0 aromatic heterocycles. The van der Waals surface area contributed by atoms with Crippen LogP contribution in [0.2, 0.25) is 0 Å². The molecule has 0 unspecified atom stereocenters. The Kier molecular flexibility index (Phi) is 4.53. The summed E-state index contributed by atoms with van der Waals surface area (Å²) in [6.07, 6.45) is 0. The molecule has 0 saturated carbocycles. The summed E-state index contributed by atoms with van der Waals surface area (Å²) < 4.78 is 9.74. The fraction of sp³-hybridized carbons (Fsp3) is 0.200. The van der Waals surface area contributed by atoms with Gasteiger partial charge in [0.05, 0.1) is 7.11 Å². The monoisotopic (exact) mass is 241 g/mol. The highest BCUT2D eigenvalue weighted by Gasteiger charge is 2.02. The molecule has 1 aromatic carbocycles. The molecule has 0 fully saturated rings. The SMILES string of the molecule is COc1ccc(NC(=S)OCC(=O)O)cc1. The van der Waals surface area contributed by atoms with Gasteiger partial charge in [-0.3, -0.25) is 0 Å². The lowest BCUT2D eigenvalue weighted by molar-refractivity contribution is -0.139. The molecule has 0 bridgehead atoms. The first-order valence-corrected chi connectivity index (χ1v) is 4.82. The predicted molar refractivity (Wildman–Crippen MR) is 62.8 cm³/mol. The number of aliphatic carboxylic acids is 1. The van der Waals surface area contributed by atoms with Crippen LogP contribution in [0.4, 0.5) is 5.69 Å². The van der Waals surface area contributed by atoms with Crippen LogP contribution >= 0.6 is 12.2 Å². The number of hydrogen-bond donors (Lipinski definition) is 2. The van der Waals surface area contributed by atoms with Crippen molar-refractivity contribution in [3.8, 4) is 5.75 Å². The van der Waals surface area contributed by atoms with Crippen LogP contribution in [0.3, 0.4) is 0 Å². The maximum atomic E-state index is 10.2. The first-order chi connectivity index (χ1) is 7.61. The third-order valence-corrected chi connectivity index (χ3v) is 1.88. The van der Waals surface area contributed by atoms with Gasteiger partial charge in [0.15, 0.2) is 6.61 Å². The number of carbonyl (C=O) groups is 1. The molecule has 0 aliphatic carbocycles. The van der Waals surface area contributed by atoms with Crippen molar-refractivity contribution >= 4 is 29.0 Å². The molecule has 1 rings (SSSR count). The van der Waals surface area contributed by atoms with Crippen LogP contribution in [0, 0.1) is 0 Å². The van der Waals surface area contributed by atoms with Crippen LogP contribution in [0.15, 0.2) is 24.3 Å². The number of carboxylic acids is 1. The van der Waals surface area contributed by atoms with Crippen molar-refractivity contribution in [3.63, 3.8) is 0 Å². The highest BCUT2D eigenvalue weighted by atomic mass is 32.1. The van der Waals surface area contributed by atoms with Crippen LogP contribution in [0.25, 0.3) is 0 Å². The Balaban J connectivity index is 2.46. The highest BCUT2D eigenvalue weighted by Crippen LogP contribution is 2.14. The minimum absolute atomic E-state index is 0.0209. The van der Waals surface area contributed by atoms with Crippen LogP contribution < -0.4 is 10.1 Å². The molecule has 6 heteroatoms. The zero-order chi connectivity index (χ0) is 12.0. The fourth-order valence-corrected chi connectivity index (χ4v) is 1.13. The number of rotatable bonds is 4. The molecule has 0 spiro atoms. The lowest BCUT2D eigenvalue weighted by atomic mass is 10.3. The molecule has 16 heavy (non-hydrogen) atoms. The maximum absolute atomic E-state index is 10.2. The zero-order valence-electron chi connectivity index (χ0n) is 8.60. The molecular weight excluding hydrogens is 230 g/mol. The summed E-state index contributed by atoms with van der Waals surface area (Å²) >= 11 is 4.79. The molecule has 0 aliphatic rings. The average Bonchev–Trinajstić information content (AvgIpc) is 2.27. The average molecular weight is 241 g/mol. The van der Waals surface area contributed by atoms with E-state index in [1.54, 1.807) is 31.4 Å². The van der Waals surface area contributed by atoms with E-state index in [1.807, 2.05) is 0 Å². The predicted octanol–water partition coefficient (Wildman–Crippen LogP) is 1.49. The standard InChI is InChI=1S/C10H11NO4S/c1-14-8-4-2-7(3-5-8)11-10(16)15-6-9(12)13/h2-5H,6H2,1H3,(H,11,16)(H,12,13). The molecule has 0 amide bonds. The Bertz CT molecular complexity index is 377. The van der Waals surface area contributed by atoms with Gasteiger partial charge in [0.25, 0.3) is 5.17 Å². The molecular formula is C10H11NO4S. The van der Waals surface area contributed by atoms with E-state index in [0.29, 0.717) is 5.69 Å². The number of hydrogen-bond acceptors (Lipinski definition) is 4. The van der Waals surface area contributed by atoms with Crippen LogP contribution in [0.5, 0.6) is 5.75 Å². The van der Waals surface area contributed by atoms with Crippen molar-refractivity contribution in [2.24, 2.45) is 0 Å². The molecule has 2 N–H and O–H groups in total. The van der Waals surface area contributed by atoms with E-state index in [2.05, 4.69) is 5.32 Å². The highest BCUT2D eigenvalue weighted by molar-refractivity contribution is 7.80. The first kappa shape index (κ1) is 12.3. The van der Waals surface area contributed by atoms with Gasteiger partial charge in [0.1, 0.15) is 5.75 Å². The van der Waals surface area contributed by atoms with Gasteiger partial charge in [0, 0.05) is 5.69 Å². The van der Waals surface area contributed by atoms with Crippen molar-refractivity contribution in [1.82, 2.24) is 0 Å². The lowest BCUT2D eigenvalue weighted by Crippen LogP contribution is -2.17. The van der Waals surface area contributed by atoms with Gasteiger partial charge in [0.2, 0.25) is 0 Å². The van der Waals surface area contributed by atoms with Crippen LogP contribution in [-0.4, -0.2) is 30.0 Å². The maximum Gasteiger partial charge on any atom is 0.341 e. The Labute approximate surface area is 98.0 Å². The second-order valence-electron chi connectivity index (χ2n) is 2.82. The van der Waals surface area contributed by atoms with E-state index >= 15 is 0 Å². The van der Waals surface area contributed by atoms with Crippen molar-refractivity contribution in [2.45, 2.75) is 0 Å². The lowest BCUT2D eigenvalue weighted by Gasteiger charge is -2.08. The van der Waals surface area contributed by atoms with E-state index in [1.165, 1.54) is 0 Å². The molecule has 0 heterocycles. The largest absolute Gasteiger partial charge is 0.497 e. The van der Waals surface area contributed by atoms with Crippen LogP contribution in [0.1, 0.15) is 0 Å². The molecule has 0 atom stereocenters. The number of carboxylic acid groups (broad SMARTS) is 1. The summed E-state index contributed by atoms with van der Waals surface area (Å²) in [6.45, 7) is -0.456. The topological polar surface area (TPSA) is 67.8 Å². The number of ether oxygens (including phenoxy) is 2. The van der Waals surface area contributed by atoms with E-state index in [0.717, 1.165) is 5.75 Å². The second-order valence-corrected chi connectivity index (χ2v) is 3.19. The summed E-state index contributed by atoms with van der Waals surface area (Å²) in [5.74, 6) is -0.346. The molecule has 5 nitrogen and oxygen atoms in total. The van der Waals surface area contributed by atoms with E-state index in [4.69, 9.17) is 26.8 Å². The van der Waals surface area contributed by atoms with Crippen molar-refractivity contribution in [3.05, 3.63) is 24.3 Å². The fourth-order valence-electron chi connectivity index (χ4n) is 0.956. The molecule has 0 saturated heterocycles. The van der Waals surface area contributed by atoms with Gasteiger partial charge >= 0.3 is 5.97 Å². The third-order valence-electron chi connectivity index (χ3n) is 1.66.